The van der Waals surface area contributed by atoms with Gasteiger partial charge in [0.2, 0.25) is 5.91 Å². The van der Waals surface area contributed by atoms with Crippen molar-refractivity contribution in [1.82, 2.24) is 4.90 Å². The third-order valence-corrected chi connectivity index (χ3v) is 5.93. The van der Waals surface area contributed by atoms with Crippen molar-refractivity contribution in [2.45, 2.75) is 31.4 Å². The number of hydrogen-bond donors (Lipinski definition) is 0. The molecule has 0 aromatic heterocycles. The van der Waals surface area contributed by atoms with E-state index >= 15 is 0 Å². The minimum absolute atomic E-state index is 0.0727. The zero-order chi connectivity index (χ0) is 14.6. The standard InChI is InChI=1S/C15H21NO3S/c1-2-20(18,19)14-11-16(12-14)15(17)10-6-9-13-7-4-3-5-8-13/h3-5,7-8,14H,2,6,9-12H2,1H3. The number of hydrogen-bond acceptors (Lipinski definition) is 3. The first-order valence-corrected chi connectivity index (χ1v) is 8.77. The maximum absolute atomic E-state index is 11.9. The van der Waals surface area contributed by atoms with Gasteiger partial charge in [0.15, 0.2) is 9.84 Å². The Morgan fingerprint density at radius 1 is 1.25 bits per heavy atom. The zero-order valence-corrected chi connectivity index (χ0v) is 12.6. The number of likely N-dealkylation sites (tertiary alicyclic amines) is 1. The Balaban J connectivity index is 1.70. The van der Waals surface area contributed by atoms with Crippen LogP contribution in [0.2, 0.25) is 0 Å². The molecular formula is C15H21NO3S. The topological polar surface area (TPSA) is 54.5 Å². The maximum Gasteiger partial charge on any atom is 0.222 e. The maximum atomic E-state index is 11.9. The molecule has 0 unspecified atom stereocenters. The van der Waals surface area contributed by atoms with Gasteiger partial charge < -0.3 is 4.90 Å². The average Bonchev–Trinajstić information content (AvgIpc) is 2.38. The van der Waals surface area contributed by atoms with Gasteiger partial charge in [0.25, 0.3) is 0 Å². The first kappa shape index (κ1) is 15.0. The van der Waals surface area contributed by atoms with Crippen LogP contribution < -0.4 is 0 Å². The molecule has 1 fully saturated rings. The van der Waals surface area contributed by atoms with Crippen molar-refractivity contribution in [1.29, 1.82) is 0 Å². The van der Waals surface area contributed by atoms with Crippen LogP contribution in [0.25, 0.3) is 0 Å². The number of aryl methyl sites for hydroxylation is 1. The molecule has 0 N–H and O–H groups in total. The van der Waals surface area contributed by atoms with Gasteiger partial charge in [-0.1, -0.05) is 37.3 Å². The van der Waals surface area contributed by atoms with Crippen molar-refractivity contribution < 1.29 is 13.2 Å². The van der Waals surface area contributed by atoms with E-state index in [4.69, 9.17) is 0 Å². The van der Waals surface area contributed by atoms with Gasteiger partial charge in [-0.3, -0.25) is 4.79 Å². The molecule has 1 heterocycles. The number of rotatable bonds is 6. The predicted octanol–water partition coefficient (Wildman–Crippen LogP) is 1.65. The summed E-state index contributed by atoms with van der Waals surface area (Å²) < 4.78 is 23.2. The van der Waals surface area contributed by atoms with E-state index in [9.17, 15) is 13.2 Å². The second-order valence-electron chi connectivity index (χ2n) is 5.21. The van der Waals surface area contributed by atoms with Gasteiger partial charge >= 0.3 is 0 Å². The van der Waals surface area contributed by atoms with Crippen LogP contribution in [-0.2, 0) is 21.1 Å². The first-order valence-electron chi connectivity index (χ1n) is 7.06. The summed E-state index contributed by atoms with van der Waals surface area (Å²) in [6.07, 6.45) is 2.19. The molecule has 1 aromatic carbocycles. The Bertz CT molecular complexity index is 548. The molecule has 2 rings (SSSR count). The Morgan fingerprint density at radius 2 is 1.90 bits per heavy atom. The van der Waals surface area contributed by atoms with Crippen LogP contribution in [0.5, 0.6) is 0 Å². The third kappa shape index (κ3) is 3.60. The lowest BCUT2D eigenvalue weighted by Crippen LogP contribution is -2.57. The van der Waals surface area contributed by atoms with Crippen LogP contribution in [-0.4, -0.2) is 43.3 Å². The number of benzene rings is 1. The zero-order valence-electron chi connectivity index (χ0n) is 11.8. The average molecular weight is 295 g/mol. The van der Waals surface area contributed by atoms with Crippen molar-refractivity contribution in [3.8, 4) is 0 Å². The van der Waals surface area contributed by atoms with E-state index in [-0.39, 0.29) is 16.9 Å². The molecule has 110 valence electrons. The second-order valence-corrected chi connectivity index (χ2v) is 7.78. The lowest BCUT2D eigenvalue weighted by molar-refractivity contribution is -0.134. The van der Waals surface area contributed by atoms with Crippen LogP contribution in [0, 0.1) is 0 Å². The monoisotopic (exact) mass is 295 g/mol. The molecule has 5 heteroatoms. The van der Waals surface area contributed by atoms with Crippen molar-refractivity contribution in [2.24, 2.45) is 0 Å². The Kier molecular flexibility index (Phi) is 4.81. The van der Waals surface area contributed by atoms with Gasteiger partial charge in [-0.2, -0.15) is 0 Å². The molecule has 0 atom stereocenters. The van der Waals surface area contributed by atoms with Crippen molar-refractivity contribution in [3.63, 3.8) is 0 Å². The van der Waals surface area contributed by atoms with Crippen molar-refractivity contribution >= 4 is 15.7 Å². The van der Waals surface area contributed by atoms with Gasteiger partial charge in [0.1, 0.15) is 0 Å². The molecular weight excluding hydrogens is 274 g/mol. The molecule has 1 aliphatic heterocycles. The lowest BCUT2D eigenvalue weighted by atomic mass is 10.1. The van der Waals surface area contributed by atoms with Crippen LogP contribution in [0.4, 0.5) is 0 Å². The van der Waals surface area contributed by atoms with Crippen molar-refractivity contribution in [2.75, 3.05) is 18.8 Å². The van der Waals surface area contributed by atoms with E-state index < -0.39 is 9.84 Å². The molecule has 0 spiro atoms. The molecule has 1 aliphatic rings. The molecule has 1 aromatic rings. The van der Waals surface area contributed by atoms with E-state index in [1.807, 2.05) is 18.2 Å². The van der Waals surface area contributed by atoms with E-state index in [1.165, 1.54) is 5.56 Å². The second kappa shape index (κ2) is 6.39. The summed E-state index contributed by atoms with van der Waals surface area (Å²) in [6.45, 7) is 2.40. The highest BCUT2D eigenvalue weighted by Crippen LogP contribution is 2.18. The fourth-order valence-electron chi connectivity index (χ4n) is 2.35. The summed E-state index contributed by atoms with van der Waals surface area (Å²) in [6, 6.07) is 10.1. The quantitative estimate of drug-likeness (QED) is 0.802. The normalized spacial score (nSPS) is 15.9. The summed E-state index contributed by atoms with van der Waals surface area (Å²) in [5.74, 6) is 0.233. The van der Waals surface area contributed by atoms with Gasteiger partial charge in [-0.15, -0.1) is 0 Å². The Morgan fingerprint density at radius 3 is 2.50 bits per heavy atom. The predicted molar refractivity (Wildman–Crippen MR) is 79.2 cm³/mol. The molecule has 0 aliphatic carbocycles. The van der Waals surface area contributed by atoms with Crippen molar-refractivity contribution in [3.05, 3.63) is 35.9 Å². The fourth-order valence-corrected chi connectivity index (χ4v) is 3.64. The summed E-state index contributed by atoms with van der Waals surface area (Å²) in [4.78, 5) is 13.6. The van der Waals surface area contributed by atoms with E-state index in [1.54, 1.807) is 11.8 Å². The smallest absolute Gasteiger partial charge is 0.222 e. The molecule has 4 nitrogen and oxygen atoms in total. The minimum Gasteiger partial charge on any atom is -0.340 e. The highest BCUT2D eigenvalue weighted by Gasteiger charge is 2.38. The highest BCUT2D eigenvalue weighted by molar-refractivity contribution is 7.92. The molecule has 1 amide bonds. The SMILES string of the molecule is CCS(=O)(=O)C1CN(C(=O)CCCc2ccccc2)C1. The molecule has 0 bridgehead atoms. The third-order valence-electron chi connectivity index (χ3n) is 3.81. The summed E-state index contributed by atoms with van der Waals surface area (Å²) in [5, 5.41) is -0.342. The highest BCUT2D eigenvalue weighted by atomic mass is 32.2. The Hall–Kier alpha value is -1.36. The van der Waals surface area contributed by atoms with E-state index in [0.29, 0.717) is 19.5 Å². The summed E-state index contributed by atoms with van der Waals surface area (Å²) >= 11 is 0. The summed E-state index contributed by atoms with van der Waals surface area (Å²) in [5.41, 5.74) is 1.23. The van der Waals surface area contributed by atoms with Gasteiger partial charge in [-0.25, -0.2) is 8.42 Å². The first-order chi connectivity index (χ1) is 9.53. The van der Waals surface area contributed by atoms with Crippen LogP contribution in [0.1, 0.15) is 25.3 Å². The Labute approximate surface area is 120 Å². The number of amides is 1. The fraction of sp³-hybridized carbons (Fsp3) is 0.533. The van der Waals surface area contributed by atoms with Gasteiger partial charge in [0, 0.05) is 25.3 Å². The molecule has 0 radical (unpaired) electrons. The molecule has 0 saturated carbocycles. The van der Waals surface area contributed by atoms with E-state index in [0.717, 1.165) is 12.8 Å². The van der Waals surface area contributed by atoms with Gasteiger partial charge in [0.05, 0.1) is 5.25 Å². The number of sulfone groups is 1. The summed E-state index contributed by atoms with van der Waals surface area (Å²) in [7, 11) is -2.99. The number of nitrogens with zero attached hydrogens (tertiary/aromatic N) is 1. The van der Waals surface area contributed by atoms with Crippen LogP contribution >= 0.6 is 0 Å². The largest absolute Gasteiger partial charge is 0.340 e. The number of carbonyl (C=O) groups is 1. The molecule has 1 saturated heterocycles. The van der Waals surface area contributed by atoms with Crippen LogP contribution in [0.15, 0.2) is 30.3 Å². The van der Waals surface area contributed by atoms with Crippen LogP contribution in [0.3, 0.4) is 0 Å². The van der Waals surface area contributed by atoms with Gasteiger partial charge in [-0.05, 0) is 18.4 Å². The lowest BCUT2D eigenvalue weighted by Gasteiger charge is -2.38. The van der Waals surface area contributed by atoms with E-state index in [2.05, 4.69) is 12.1 Å². The minimum atomic E-state index is -2.99. The number of carbonyl (C=O) groups excluding carboxylic acids is 1. The molecule has 20 heavy (non-hydrogen) atoms.